The van der Waals surface area contributed by atoms with Gasteiger partial charge in [0.15, 0.2) is 0 Å². The Morgan fingerprint density at radius 3 is 1.73 bits per heavy atom. The van der Waals surface area contributed by atoms with Crippen molar-refractivity contribution >= 4 is 40.5 Å². The predicted molar refractivity (Wildman–Crippen MR) is 117 cm³/mol. The van der Waals surface area contributed by atoms with Gasteiger partial charge in [-0.1, -0.05) is 20.3 Å². The number of rotatable bonds is 6. The molecule has 0 saturated carbocycles. The topological polar surface area (TPSA) is 138 Å². The largest absolute Gasteiger partial charge is 0.478 e. The molecule has 0 aromatic heterocycles. The summed E-state index contributed by atoms with van der Waals surface area (Å²) >= 11 is 0. The average Bonchev–Trinajstić information content (AvgIpc) is 2.71. The second kappa shape index (κ2) is 8.31. The fraction of sp³-hybridized carbons (Fsp3) is 0.375. The lowest BCUT2D eigenvalue weighted by Crippen LogP contribution is -2.54. The van der Waals surface area contributed by atoms with Gasteiger partial charge in [0, 0.05) is 21.9 Å². The van der Waals surface area contributed by atoms with Crippen LogP contribution in [0, 0.1) is 5.92 Å². The average molecular weight is 455 g/mol. The minimum atomic E-state index is -1.39. The molecule has 33 heavy (non-hydrogen) atoms. The Hall–Kier alpha value is -3.75. The van der Waals surface area contributed by atoms with Crippen LogP contribution in [-0.4, -0.2) is 56.5 Å². The lowest BCUT2D eigenvalue weighted by atomic mass is 9.86. The normalized spacial score (nSPS) is 15.4. The number of hydrogen-bond donors (Lipinski definition) is 2. The number of aromatic carboxylic acids is 2. The third-order valence-electron chi connectivity index (χ3n) is 5.63. The van der Waals surface area contributed by atoms with Gasteiger partial charge in [-0.3, -0.25) is 14.5 Å². The number of carboxylic acid groups (broad SMARTS) is 2. The molecule has 2 atom stereocenters. The molecule has 0 unspecified atom stereocenters. The van der Waals surface area contributed by atoms with E-state index in [0.29, 0.717) is 6.42 Å². The van der Waals surface area contributed by atoms with Gasteiger partial charge in [0.25, 0.3) is 11.8 Å². The molecule has 2 amide bonds. The van der Waals surface area contributed by atoms with Crippen molar-refractivity contribution in [1.82, 2.24) is 4.90 Å². The Morgan fingerprint density at radius 1 is 0.909 bits per heavy atom. The van der Waals surface area contributed by atoms with E-state index in [9.17, 15) is 34.2 Å². The predicted octanol–water partition coefficient (Wildman–Crippen LogP) is 3.59. The summed E-state index contributed by atoms with van der Waals surface area (Å²) in [5.41, 5.74) is -1.63. The lowest BCUT2D eigenvalue weighted by Gasteiger charge is -2.36. The number of nitrogens with zero attached hydrogens (tertiary/aromatic N) is 1. The van der Waals surface area contributed by atoms with Gasteiger partial charge in [0.05, 0.1) is 11.1 Å². The van der Waals surface area contributed by atoms with E-state index < -0.39 is 47.3 Å². The third-order valence-corrected chi connectivity index (χ3v) is 5.63. The second-order valence-corrected chi connectivity index (χ2v) is 9.03. The highest BCUT2D eigenvalue weighted by Crippen LogP contribution is 2.36. The first-order valence-corrected chi connectivity index (χ1v) is 10.5. The minimum absolute atomic E-state index is 0.0480. The van der Waals surface area contributed by atoms with Crippen LogP contribution in [0.15, 0.2) is 24.3 Å². The molecule has 0 aliphatic carbocycles. The summed E-state index contributed by atoms with van der Waals surface area (Å²) in [6, 6.07) is 3.54. The molecule has 2 N–H and O–H groups in total. The zero-order valence-electron chi connectivity index (χ0n) is 19.0. The van der Waals surface area contributed by atoms with E-state index in [1.165, 1.54) is 12.1 Å². The van der Waals surface area contributed by atoms with Gasteiger partial charge in [-0.25, -0.2) is 14.4 Å². The first-order valence-electron chi connectivity index (χ1n) is 10.5. The van der Waals surface area contributed by atoms with Crippen molar-refractivity contribution in [2.75, 3.05) is 0 Å². The van der Waals surface area contributed by atoms with E-state index in [-0.39, 0.29) is 33.0 Å². The molecule has 0 fully saturated rings. The molecular formula is C24H25NO8. The zero-order valence-corrected chi connectivity index (χ0v) is 19.0. The minimum Gasteiger partial charge on any atom is -0.478 e. The van der Waals surface area contributed by atoms with Crippen molar-refractivity contribution in [2.45, 2.75) is 52.7 Å². The van der Waals surface area contributed by atoms with Crippen LogP contribution in [0.2, 0.25) is 0 Å². The summed E-state index contributed by atoms with van der Waals surface area (Å²) in [5.74, 6) is -5.57. The summed E-state index contributed by atoms with van der Waals surface area (Å²) in [6.45, 7) is 8.56. The fourth-order valence-corrected chi connectivity index (χ4v) is 3.99. The third kappa shape index (κ3) is 4.06. The highest BCUT2D eigenvalue weighted by molar-refractivity contribution is 6.30. The summed E-state index contributed by atoms with van der Waals surface area (Å²) in [6.07, 6.45) is 0.471. The molecule has 1 aliphatic rings. The Labute approximate surface area is 189 Å². The molecule has 9 nitrogen and oxygen atoms in total. The summed E-state index contributed by atoms with van der Waals surface area (Å²) in [4.78, 5) is 64.5. The number of carbonyl (C=O) groups excluding carboxylic acids is 3. The summed E-state index contributed by atoms with van der Waals surface area (Å²) in [7, 11) is 0. The van der Waals surface area contributed by atoms with Crippen LogP contribution in [0.5, 0.6) is 0 Å². The first-order chi connectivity index (χ1) is 15.3. The van der Waals surface area contributed by atoms with Crippen molar-refractivity contribution in [3.63, 3.8) is 0 Å². The number of esters is 1. The van der Waals surface area contributed by atoms with Gasteiger partial charge in [0.2, 0.25) is 0 Å². The molecule has 174 valence electrons. The molecule has 0 saturated heterocycles. The first kappa shape index (κ1) is 23.9. The van der Waals surface area contributed by atoms with Crippen LogP contribution in [0.25, 0.3) is 10.8 Å². The number of carboxylic acids is 2. The number of amides is 2. The van der Waals surface area contributed by atoms with Crippen molar-refractivity contribution in [3.05, 3.63) is 46.5 Å². The molecule has 0 spiro atoms. The van der Waals surface area contributed by atoms with Crippen LogP contribution >= 0.6 is 0 Å². The van der Waals surface area contributed by atoms with Crippen molar-refractivity contribution in [2.24, 2.45) is 5.92 Å². The number of benzene rings is 2. The van der Waals surface area contributed by atoms with Crippen molar-refractivity contribution in [3.8, 4) is 0 Å². The maximum atomic E-state index is 13.5. The maximum absolute atomic E-state index is 13.5. The number of imide groups is 1. The standard InChI is InChI=1S/C24H25NO8/c1-6-11(2)18(23(32)33-24(3,4)5)25-19(26)12-7-9-14(21(28)29)17-15(22(30)31)10-8-13(16(12)17)20(25)27/h7-11,18H,6H2,1-5H3,(H,28,29)(H,30,31)/t11-,18-/m0/s1. The van der Waals surface area contributed by atoms with Crippen LogP contribution in [0.3, 0.4) is 0 Å². The van der Waals surface area contributed by atoms with Crippen LogP contribution in [-0.2, 0) is 9.53 Å². The molecule has 2 aromatic carbocycles. The monoisotopic (exact) mass is 455 g/mol. The van der Waals surface area contributed by atoms with E-state index >= 15 is 0 Å². The quantitative estimate of drug-likeness (QED) is 0.498. The van der Waals surface area contributed by atoms with Crippen LogP contribution < -0.4 is 0 Å². The van der Waals surface area contributed by atoms with E-state index in [1.807, 2.05) is 6.92 Å². The summed E-state index contributed by atoms with van der Waals surface area (Å²) in [5, 5.41) is 18.9. The molecule has 3 rings (SSSR count). The second-order valence-electron chi connectivity index (χ2n) is 9.03. The highest BCUT2D eigenvalue weighted by Gasteiger charge is 2.45. The Kier molecular flexibility index (Phi) is 6.02. The molecule has 9 heteroatoms. The van der Waals surface area contributed by atoms with E-state index in [0.717, 1.165) is 17.0 Å². The van der Waals surface area contributed by atoms with Gasteiger partial charge in [-0.2, -0.15) is 0 Å². The van der Waals surface area contributed by atoms with Gasteiger partial charge in [-0.15, -0.1) is 0 Å². The van der Waals surface area contributed by atoms with Gasteiger partial charge in [0.1, 0.15) is 11.6 Å². The van der Waals surface area contributed by atoms with Crippen LogP contribution in [0.4, 0.5) is 0 Å². The lowest BCUT2D eigenvalue weighted by molar-refractivity contribution is -0.161. The van der Waals surface area contributed by atoms with Gasteiger partial charge in [-0.05, 0) is 51.0 Å². The molecule has 1 aliphatic heterocycles. The fourth-order valence-electron chi connectivity index (χ4n) is 3.99. The number of hydrogen-bond acceptors (Lipinski definition) is 6. The highest BCUT2D eigenvalue weighted by atomic mass is 16.6. The van der Waals surface area contributed by atoms with Gasteiger partial charge >= 0.3 is 17.9 Å². The Morgan fingerprint density at radius 2 is 1.36 bits per heavy atom. The van der Waals surface area contributed by atoms with Crippen molar-refractivity contribution < 1.29 is 38.9 Å². The Balaban J connectivity index is 2.29. The number of carbonyl (C=O) groups is 5. The maximum Gasteiger partial charge on any atom is 0.336 e. The van der Waals surface area contributed by atoms with E-state index in [4.69, 9.17) is 4.74 Å². The zero-order chi connectivity index (χ0) is 24.8. The molecular weight excluding hydrogens is 430 g/mol. The van der Waals surface area contributed by atoms with Crippen LogP contribution in [0.1, 0.15) is 82.5 Å². The molecule has 0 radical (unpaired) electrons. The smallest absolute Gasteiger partial charge is 0.336 e. The van der Waals surface area contributed by atoms with E-state index in [1.54, 1.807) is 27.7 Å². The Bertz CT molecular complexity index is 1140. The molecule has 2 aromatic rings. The SMILES string of the molecule is CC[C@H](C)[C@@H](C(=O)OC(C)(C)C)N1C(=O)c2ccc(C(=O)O)c3c(C(=O)O)ccc(c23)C1=O. The number of ether oxygens (including phenoxy) is 1. The van der Waals surface area contributed by atoms with E-state index in [2.05, 4.69) is 0 Å². The summed E-state index contributed by atoms with van der Waals surface area (Å²) < 4.78 is 5.49. The molecule has 0 bridgehead atoms. The molecule has 1 heterocycles. The van der Waals surface area contributed by atoms with Crippen molar-refractivity contribution in [1.29, 1.82) is 0 Å². The van der Waals surface area contributed by atoms with Gasteiger partial charge < -0.3 is 14.9 Å².